The first-order valence-corrected chi connectivity index (χ1v) is 11.4. The Balaban J connectivity index is 1.52. The monoisotopic (exact) mass is 430 g/mol. The quantitative estimate of drug-likeness (QED) is 0.631. The Kier molecular flexibility index (Phi) is 7.73. The Labute approximate surface area is 182 Å². The van der Waals surface area contributed by atoms with Gasteiger partial charge in [0.15, 0.2) is 5.16 Å². The standard InChI is InChI=1S/C21H30N6O2S/c1-4-24(5-2)21(29)26-13-11-25(12-14-26)19(28)16-30-20-23-22-17(3)27(20)15-18-9-7-6-8-10-18/h6-10H,4-5,11-16H2,1-3H3. The van der Waals surface area contributed by atoms with Crippen molar-refractivity contribution in [3.8, 4) is 0 Å². The number of piperazine rings is 1. The Bertz CT molecular complexity index is 844. The number of rotatable bonds is 7. The number of nitrogens with zero attached hydrogens (tertiary/aromatic N) is 6. The third-order valence-electron chi connectivity index (χ3n) is 5.35. The number of hydrogen-bond donors (Lipinski definition) is 0. The molecule has 162 valence electrons. The summed E-state index contributed by atoms with van der Waals surface area (Å²) in [5, 5.41) is 9.18. The van der Waals surface area contributed by atoms with Crippen LogP contribution in [0.2, 0.25) is 0 Å². The van der Waals surface area contributed by atoms with Crippen molar-refractivity contribution in [2.45, 2.75) is 32.5 Å². The lowest BCUT2D eigenvalue weighted by atomic mass is 10.2. The SMILES string of the molecule is CCN(CC)C(=O)N1CCN(C(=O)CSc2nnc(C)n2Cc2ccccc2)CC1. The minimum atomic E-state index is 0.0611. The van der Waals surface area contributed by atoms with E-state index in [1.165, 1.54) is 17.3 Å². The van der Waals surface area contributed by atoms with Crippen LogP contribution >= 0.6 is 11.8 Å². The third-order valence-corrected chi connectivity index (χ3v) is 6.30. The maximum Gasteiger partial charge on any atom is 0.320 e. The minimum Gasteiger partial charge on any atom is -0.338 e. The molecule has 0 spiro atoms. The summed E-state index contributed by atoms with van der Waals surface area (Å²) in [4.78, 5) is 30.7. The van der Waals surface area contributed by atoms with E-state index in [9.17, 15) is 9.59 Å². The molecular weight excluding hydrogens is 400 g/mol. The molecule has 2 heterocycles. The molecule has 1 aliphatic rings. The van der Waals surface area contributed by atoms with Crippen LogP contribution in [-0.2, 0) is 11.3 Å². The number of amides is 3. The van der Waals surface area contributed by atoms with E-state index in [4.69, 9.17) is 0 Å². The Morgan fingerprint density at radius 2 is 1.63 bits per heavy atom. The van der Waals surface area contributed by atoms with Crippen molar-refractivity contribution in [3.63, 3.8) is 0 Å². The fraction of sp³-hybridized carbons (Fsp3) is 0.524. The highest BCUT2D eigenvalue weighted by molar-refractivity contribution is 7.99. The van der Waals surface area contributed by atoms with Crippen LogP contribution in [0.1, 0.15) is 25.2 Å². The summed E-state index contributed by atoms with van der Waals surface area (Å²) in [6, 6.07) is 10.2. The summed E-state index contributed by atoms with van der Waals surface area (Å²) in [5.41, 5.74) is 1.17. The number of aryl methyl sites for hydroxylation is 1. The average Bonchev–Trinajstić information content (AvgIpc) is 3.13. The van der Waals surface area contributed by atoms with Crippen LogP contribution in [0.25, 0.3) is 0 Å². The van der Waals surface area contributed by atoms with E-state index in [0.717, 1.165) is 11.0 Å². The molecular formula is C21H30N6O2S. The summed E-state index contributed by atoms with van der Waals surface area (Å²) in [5.74, 6) is 1.22. The number of benzene rings is 1. The van der Waals surface area contributed by atoms with E-state index in [1.807, 2.05) is 58.2 Å². The lowest BCUT2D eigenvalue weighted by molar-refractivity contribution is -0.129. The molecule has 1 aliphatic heterocycles. The summed E-state index contributed by atoms with van der Waals surface area (Å²) < 4.78 is 2.04. The molecule has 3 amide bonds. The van der Waals surface area contributed by atoms with Gasteiger partial charge in [-0.3, -0.25) is 4.79 Å². The predicted molar refractivity (Wildman–Crippen MR) is 117 cm³/mol. The smallest absolute Gasteiger partial charge is 0.320 e. The van der Waals surface area contributed by atoms with Gasteiger partial charge >= 0.3 is 6.03 Å². The lowest BCUT2D eigenvalue weighted by Gasteiger charge is -2.37. The summed E-state index contributed by atoms with van der Waals surface area (Å²) >= 11 is 1.42. The molecule has 0 aliphatic carbocycles. The molecule has 1 fully saturated rings. The van der Waals surface area contributed by atoms with Crippen molar-refractivity contribution in [3.05, 3.63) is 41.7 Å². The first-order valence-electron chi connectivity index (χ1n) is 10.4. The van der Waals surface area contributed by atoms with Crippen LogP contribution in [0, 0.1) is 6.92 Å². The Hall–Kier alpha value is -2.55. The molecule has 0 unspecified atom stereocenters. The van der Waals surface area contributed by atoms with Crippen molar-refractivity contribution < 1.29 is 9.59 Å². The topological polar surface area (TPSA) is 74.6 Å². The molecule has 30 heavy (non-hydrogen) atoms. The fourth-order valence-electron chi connectivity index (χ4n) is 3.48. The molecule has 0 saturated carbocycles. The van der Waals surface area contributed by atoms with Crippen molar-refractivity contribution in [1.82, 2.24) is 29.5 Å². The van der Waals surface area contributed by atoms with E-state index in [-0.39, 0.29) is 11.9 Å². The van der Waals surface area contributed by atoms with E-state index in [0.29, 0.717) is 51.6 Å². The van der Waals surface area contributed by atoms with Crippen LogP contribution in [0.5, 0.6) is 0 Å². The van der Waals surface area contributed by atoms with Gasteiger partial charge in [0.2, 0.25) is 5.91 Å². The first kappa shape index (κ1) is 22.1. The highest BCUT2D eigenvalue weighted by Crippen LogP contribution is 2.19. The summed E-state index contributed by atoms with van der Waals surface area (Å²) in [6.07, 6.45) is 0. The lowest BCUT2D eigenvalue weighted by Crippen LogP contribution is -2.54. The van der Waals surface area contributed by atoms with Crippen molar-refractivity contribution in [2.24, 2.45) is 0 Å². The van der Waals surface area contributed by atoms with Crippen LogP contribution in [0.15, 0.2) is 35.5 Å². The number of hydrogen-bond acceptors (Lipinski definition) is 5. The Morgan fingerprint density at radius 1 is 1.00 bits per heavy atom. The predicted octanol–water partition coefficient (Wildman–Crippen LogP) is 2.33. The second kappa shape index (κ2) is 10.5. The average molecular weight is 431 g/mol. The molecule has 0 radical (unpaired) electrons. The zero-order valence-corrected chi connectivity index (χ0v) is 18.8. The van der Waals surface area contributed by atoms with Gasteiger partial charge in [0.1, 0.15) is 5.82 Å². The van der Waals surface area contributed by atoms with Crippen molar-refractivity contribution in [2.75, 3.05) is 45.0 Å². The number of carbonyl (C=O) groups is 2. The third kappa shape index (κ3) is 5.33. The number of aromatic nitrogens is 3. The zero-order chi connectivity index (χ0) is 21.5. The van der Waals surface area contributed by atoms with Gasteiger partial charge in [-0.25, -0.2) is 4.79 Å². The van der Waals surface area contributed by atoms with Gasteiger partial charge in [0, 0.05) is 39.3 Å². The van der Waals surface area contributed by atoms with Crippen LogP contribution in [0.4, 0.5) is 4.79 Å². The van der Waals surface area contributed by atoms with E-state index in [2.05, 4.69) is 22.3 Å². The number of urea groups is 1. The Morgan fingerprint density at radius 3 is 2.27 bits per heavy atom. The molecule has 0 N–H and O–H groups in total. The van der Waals surface area contributed by atoms with Crippen LogP contribution in [0.3, 0.4) is 0 Å². The highest BCUT2D eigenvalue weighted by atomic mass is 32.2. The van der Waals surface area contributed by atoms with E-state index < -0.39 is 0 Å². The maximum absolute atomic E-state index is 12.7. The van der Waals surface area contributed by atoms with Gasteiger partial charge < -0.3 is 19.3 Å². The number of carbonyl (C=O) groups excluding carboxylic acids is 2. The summed E-state index contributed by atoms with van der Waals surface area (Å²) in [7, 11) is 0. The van der Waals surface area contributed by atoms with Gasteiger partial charge in [-0.05, 0) is 26.3 Å². The van der Waals surface area contributed by atoms with Gasteiger partial charge in [0.05, 0.1) is 12.3 Å². The van der Waals surface area contributed by atoms with Gasteiger partial charge in [0.25, 0.3) is 0 Å². The molecule has 9 heteroatoms. The normalized spacial score (nSPS) is 14.1. The molecule has 8 nitrogen and oxygen atoms in total. The zero-order valence-electron chi connectivity index (χ0n) is 18.0. The van der Waals surface area contributed by atoms with Gasteiger partial charge in [-0.2, -0.15) is 0 Å². The molecule has 1 aromatic carbocycles. The van der Waals surface area contributed by atoms with Gasteiger partial charge in [-0.1, -0.05) is 42.1 Å². The van der Waals surface area contributed by atoms with Crippen LogP contribution in [-0.4, -0.2) is 86.4 Å². The molecule has 0 bridgehead atoms. The molecule has 2 aromatic rings. The summed E-state index contributed by atoms with van der Waals surface area (Å²) in [6.45, 7) is 10.3. The highest BCUT2D eigenvalue weighted by Gasteiger charge is 2.26. The largest absolute Gasteiger partial charge is 0.338 e. The fourth-order valence-corrected chi connectivity index (χ4v) is 4.36. The first-order chi connectivity index (χ1) is 14.5. The van der Waals surface area contributed by atoms with Crippen molar-refractivity contribution in [1.29, 1.82) is 0 Å². The maximum atomic E-state index is 12.7. The molecule has 1 aromatic heterocycles. The molecule has 3 rings (SSSR count). The second-order valence-electron chi connectivity index (χ2n) is 7.21. The second-order valence-corrected chi connectivity index (χ2v) is 8.16. The van der Waals surface area contributed by atoms with Crippen molar-refractivity contribution >= 4 is 23.7 Å². The van der Waals surface area contributed by atoms with Crippen LogP contribution < -0.4 is 0 Å². The minimum absolute atomic E-state index is 0.0611. The van der Waals surface area contributed by atoms with E-state index in [1.54, 1.807) is 0 Å². The molecule has 0 atom stereocenters. The van der Waals surface area contributed by atoms with E-state index >= 15 is 0 Å². The van der Waals surface area contributed by atoms with Gasteiger partial charge in [-0.15, -0.1) is 10.2 Å². The number of thioether (sulfide) groups is 1. The molecule has 1 saturated heterocycles.